The number of ether oxygens (including phenoxy) is 1. The predicted octanol–water partition coefficient (Wildman–Crippen LogP) is 6.88. The molecule has 0 atom stereocenters. The quantitative estimate of drug-likeness (QED) is 0.173. The lowest BCUT2D eigenvalue weighted by molar-refractivity contribution is 0.0956. The first-order valence-corrected chi connectivity index (χ1v) is 12.6. The average Bonchev–Trinajstić information content (AvgIpc) is 2.96. The molecule has 1 amide bonds. The lowest BCUT2D eigenvalue weighted by Crippen LogP contribution is -2.18. The van der Waals surface area contributed by atoms with E-state index in [1.807, 2.05) is 91.0 Å². The third-order valence-electron chi connectivity index (χ3n) is 5.89. The normalized spacial score (nSPS) is 10.8. The van der Waals surface area contributed by atoms with Crippen LogP contribution in [-0.4, -0.2) is 17.1 Å². The van der Waals surface area contributed by atoms with Crippen molar-refractivity contribution in [2.24, 2.45) is 5.10 Å². The molecule has 0 bridgehead atoms. The van der Waals surface area contributed by atoms with Gasteiger partial charge >= 0.3 is 0 Å². The van der Waals surface area contributed by atoms with Crippen molar-refractivity contribution in [3.8, 4) is 23.1 Å². The molecular weight excluding hydrogens is 540 g/mol. The summed E-state index contributed by atoms with van der Waals surface area (Å²) in [6, 6.07) is 34.1. The van der Waals surface area contributed by atoms with Gasteiger partial charge in [-0.3, -0.25) is 4.79 Å². The van der Waals surface area contributed by atoms with Crippen LogP contribution in [0.1, 0.15) is 27.0 Å². The molecule has 38 heavy (non-hydrogen) atoms. The van der Waals surface area contributed by atoms with Crippen LogP contribution in [0.4, 0.5) is 0 Å². The molecule has 0 fully saturated rings. The maximum atomic E-state index is 13.1. The van der Waals surface area contributed by atoms with Crippen molar-refractivity contribution in [3.63, 3.8) is 0 Å². The lowest BCUT2D eigenvalue weighted by Gasteiger charge is -2.10. The minimum atomic E-state index is -0.327. The van der Waals surface area contributed by atoms with Gasteiger partial charge in [0.1, 0.15) is 12.4 Å². The van der Waals surface area contributed by atoms with Gasteiger partial charge in [0.15, 0.2) is 0 Å². The Morgan fingerprint density at radius 1 is 0.974 bits per heavy atom. The minimum absolute atomic E-state index is 0.274. The van der Waals surface area contributed by atoms with Crippen LogP contribution < -0.4 is 10.2 Å². The Morgan fingerprint density at radius 3 is 2.55 bits per heavy atom. The fraction of sp³-hybridized carbons (Fsp3) is 0.0323. The number of hydrazone groups is 1. The second kappa shape index (κ2) is 11.5. The number of benzene rings is 4. The van der Waals surface area contributed by atoms with E-state index in [9.17, 15) is 10.1 Å². The zero-order valence-corrected chi connectivity index (χ0v) is 21.7. The first-order valence-electron chi connectivity index (χ1n) is 11.8. The van der Waals surface area contributed by atoms with E-state index in [1.54, 1.807) is 18.3 Å². The largest absolute Gasteiger partial charge is 0.488 e. The third kappa shape index (κ3) is 5.61. The van der Waals surface area contributed by atoms with Gasteiger partial charge in [0.05, 0.1) is 39.1 Å². The van der Waals surface area contributed by atoms with Gasteiger partial charge in [-0.05, 0) is 57.9 Å². The highest BCUT2D eigenvalue weighted by Crippen LogP contribution is 2.27. The molecule has 1 N–H and O–H groups in total. The summed E-state index contributed by atoms with van der Waals surface area (Å²) < 4.78 is 6.62. The van der Waals surface area contributed by atoms with Crippen molar-refractivity contribution in [2.75, 3.05) is 0 Å². The molecule has 0 radical (unpaired) electrons. The first kappa shape index (κ1) is 24.9. The number of hydrogen-bond acceptors (Lipinski definition) is 5. The summed E-state index contributed by atoms with van der Waals surface area (Å²) in [4.78, 5) is 17.8. The summed E-state index contributed by atoms with van der Waals surface area (Å²) >= 11 is 3.53. The highest BCUT2D eigenvalue weighted by Gasteiger charge is 2.13. The van der Waals surface area contributed by atoms with Gasteiger partial charge in [-0.1, -0.05) is 66.7 Å². The molecule has 0 aliphatic heterocycles. The van der Waals surface area contributed by atoms with Crippen LogP contribution in [0.15, 0.2) is 113 Å². The van der Waals surface area contributed by atoms with E-state index in [-0.39, 0.29) is 12.5 Å². The van der Waals surface area contributed by atoms with Gasteiger partial charge in [0, 0.05) is 16.5 Å². The number of rotatable bonds is 7. The molecule has 5 aromatic rings. The van der Waals surface area contributed by atoms with E-state index in [4.69, 9.17) is 9.72 Å². The Morgan fingerprint density at radius 2 is 1.74 bits per heavy atom. The number of hydrogen-bond donors (Lipinski definition) is 1. The maximum absolute atomic E-state index is 13.1. The van der Waals surface area contributed by atoms with Crippen LogP contribution >= 0.6 is 15.9 Å². The first-order chi connectivity index (χ1) is 18.6. The van der Waals surface area contributed by atoms with Crippen molar-refractivity contribution in [1.82, 2.24) is 10.4 Å². The average molecular weight is 561 g/mol. The number of amides is 1. The van der Waals surface area contributed by atoms with E-state index >= 15 is 0 Å². The highest BCUT2D eigenvalue weighted by atomic mass is 79.9. The Hall–Kier alpha value is -4.80. The van der Waals surface area contributed by atoms with Gasteiger partial charge in [-0.25, -0.2) is 10.4 Å². The highest BCUT2D eigenvalue weighted by molar-refractivity contribution is 9.10. The van der Waals surface area contributed by atoms with Crippen molar-refractivity contribution in [2.45, 2.75) is 6.61 Å². The number of nitrogens with one attached hydrogen (secondary N) is 1. The van der Waals surface area contributed by atoms with Crippen LogP contribution in [0.5, 0.6) is 5.75 Å². The van der Waals surface area contributed by atoms with Gasteiger partial charge in [0.25, 0.3) is 5.91 Å². The van der Waals surface area contributed by atoms with Gasteiger partial charge in [0.2, 0.25) is 0 Å². The van der Waals surface area contributed by atoms with Crippen molar-refractivity contribution in [1.29, 1.82) is 5.26 Å². The molecule has 0 aliphatic rings. The fourth-order valence-electron chi connectivity index (χ4n) is 3.97. The molecule has 0 saturated heterocycles. The molecule has 7 heteroatoms. The van der Waals surface area contributed by atoms with E-state index < -0.39 is 0 Å². The SMILES string of the molecule is N#Cc1ccccc1COc1ccc(/C=N/NC(=O)c2cc(-c3ccccc3)nc3ccccc23)cc1Br. The van der Waals surface area contributed by atoms with E-state index in [0.717, 1.165) is 37.8 Å². The number of pyridine rings is 1. The molecule has 1 heterocycles. The summed E-state index contributed by atoms with van der Waals surface area (Å²) in [6.45, 7) is 0.274. The second-order valence-electron chi connectivity index (χ2n) is 8.38. The van der Waals surface area contributed by atoms with Gasteiger partial charge < -0.3 is 4.74 Å². The molecule has 5 rings (SSSR count). The Kier molecular flexibility index (Phi) is 7.53. The monoisotopic (exact) mass is 560 g/mol. The minimum Gasteiger partial charge on any atom is -0.488 e. The summed E-state index contributed by atoms with van der Waals surface area (Å²) in [7, 11) is 0. The van der Waals surface area contributed by atoms with Gasteiger partial charge in [-0.15, -0.1) is 0 Å². The molecule has 0 saturated carbocycles. The fourth-order valence-corrected chi connectivity index (χ4v) is 4.48. The summed E-state index contributed by atoms with van der Waals surface area (Å²) in [5.41, 5.74) is 7.68. The van der Waals surface area contributed by atoms with Crippen molar-refractivity contribution in [3.05, 3.63) is 130 Å². The molecule has 6 nitrogen and oxygen atoms in total. The number of carbonyl (C=O) groups is 1. The van der Waals surface area contributed by atoms with Crippen LogP contribution in [0.3, 0.4) is 0 Å². The Bertz CT molecular complexity index is 1690. The van der Waals surface area contributed by atoms with E-state index in [0.29, 0.717) is 16.9 Å². The number of nitrogens with zero attached hydrogens (tertiary/aromatic N) is 3. The van der Waals surface area contributed by atoms with Gasteiger partial charge in [-0.2, -0.15) is 10.4 Å². The number of nitriles is 1. The number of carbonyl (C=O) groups excluding carboxylic acids is 1. The smallest absolute Gasteiger partial charge is 0.272 e. The second-order valence-corrected chi connectivity index (χ2v) is 9.24. The molecule has 184 valence electrons. The lowest BCUT2D eigenvalue weighted by atomic mass is 10.0. The number of aromatic nitrogens is 1. The Balaban J connectivity index is 1.30. The van der Waals surface area contributed by atoms with Crippen molar-refractivity contribution < 1.29 is 9.53 Å². The summed E-state index contributed by atoms with van der Waals surface area (Å²) in [5.74, 6) is 0.308. The summed E-state index contributed by atoms with van der Waals surface area (Å²) in [6.07, 6.45) is 1.57. The molecule has 1 aromatic heterocycles. The predicted molar refractivity (Wildman–Crippen MR) is 152 cm³/mol. The van der Waals surface area contributed by atoms with Crippen LogP contribution in [-0.2, 0) is 6.61 Å². The van der Waals surface area contributed by atoms with E-state index in [2.05, 4.69) is 32.5 Å². The number of fused-ring (bicyclic) bond motifs is 1. The van der Waals surface area contributed by atoms with Crippen LogP contribution in [0.25, 0.3) is 22.2 Å². The zero-order valence-electron chi connectivity index (χ0n) is 20.1. The molecule has 4 aromatic carbocycles. The maximum Gasteiger partial charge on any atom is 0.272 e. The number of para-hydroxylation sites is 1. The van der Waals surface area contributed by atoms with Crippen LogP contribution in [0, 0.1) is 11.3 Å². The zero-order chi connectivity index (χ0) is 26.3. The molecular formula is C31H21BrN4O2. The Labute approximate surface area is 228 Å². The molecule has 0 unspecified atom stereocenters. The number of halogens is 1. The van der Waals surface area contributed by atoms with E-state index in [1.165, 1.54) is 0 Å². The summed E-state index contributed by atoms with van der Waals surface area (Å²) in [5, 5.41) is 14.2. The topological polar surface area (TPSA) is 87.4 Å². The van der Waals surface area contributed by atoms with Crippen molar-refractivity contribution >= 4 is 39.0 Å². The van der Waals surface area contributed by atoms with Crippen LogP contribution in [0.2, 0.25) is 0 Å². The molecule has 0 spiro atoms. The third-order valence-corrected chi connectivity index (χ3v) is 6.51. The molecule has 0 aliphatic carbocycles. The standard InChI is InChI=1S/C31H21BrN4O2/c32-27-16-21(14-15-30(27)38-20-24-11-5-4-10-23(24)18-33)19-34-36-31(37)26-17-29(22-8-2-1-3-9-22)35-28-13-7-6-12-25(26)28/h1-17,19H,20H2,(H,36,37)/b34-19+.